The molecule has 0 amide bonds. The van der Waals surface area contributed by atoms with Crippen LogP contribution in [0.25, 0.3) is 16.9 Å². The number of nitrogens with zero attached hydrogens (tertiary/aromatic N) is 4. The number of aryl methyl sites for hydroxylation is 1. The number of aromatic amines is 1. The molecule has 1 aromatic carbocycles. The molecular formula is C20H20F3N5O2. The Balaban J connectivity index is 1.59. The predicted molar refractivity (Wildman–Crippen MR) is 105 cm³/mol. The van der Waals surface area contributed by atoms with E-state index >= 15 is 0 Å². The molecule has 2 aromatic heterocycles. The molecule has 4 rings (SSSR count). The maximum absolute atomic E-state index is 12.4. The number of piperidine rings is 1. The third-order valence-electron chi connectivity index (χ3n) is 4.94. The number of nitrogens with one attached hydrogen (secondary N) is 1. The minimum Gasteiger partial charge on any atom is -0.406 e. The molecule has 30 heavy (non-hydrogen) atoms. The summed E-state index contributed by atoms with van der Waals surface area (Å²) in [6.07, 6.45) is 0.365. The molecule has 3 heterocycles. The van der Waals surface area contributed by atoms with Crippen molar-refractivity contribution in [3.8, 4) is 22.7 Å². The van der Waals surface area contributed by atoms with Gasteiger partial charge in [-0.25, -0.2) is 14.6 Å². The first-order valence-electron chi connectivity index (χ1n) is 9.57. The van der Waals surface area contributed by atoms with Gasteiger partial charge in [0.2, 0.25) is 5.95 Å². The molecular weight excluding hydrogens is 399 g/mol. The van der Waals surface area contributed by atoms with Crippen molar-refractivity contribution < 1.29 is 17.9 Å². The largest absolute Gasteiger partial charge is 0.573 e. The van der Waals surface area contributed by atoms with Crippen LogP contribution in [0.1, 0.15) is 25.0 Å². The van der Waals surface area contributed by atoms with E-state index in [2.05, 4.69) is 24.7 Å². The minimum absolute atomic E-state index is 0.353. The molecule has 1 N–H and O–H groups in total. The SMILES string of the molecule is Cc1nc(N2CCCCC2)ncc1-c1cc(=O)n(-c2ccc(OC(F)(F)F)cc2)[nH]1. The normalized spacial score (nSPS) is 14.7. The molecule has 0 aliphatic carbocycles. The Morgan fingerprint density at radius 1 is 1.10 bits per heavy atom. The van der Waals surface area contributed by atoms with Crippen LogP contribution < -0.4 is 15.2 Å². The van der Waals surface area contributed by atoms with Gasteiger partial charge >= 0.3 is 6.36 Å². The third-order valence-corrected chi connectivity index (χ3v) is 4.94. The maximum Gasteiger partial charge on any atom is 0.573 e. The highest BCUT2D eigenvalue weighted by Crippen LogP contribution is 2.25. The van der Waals surface area contributed by atoms with Crippen molar-refractivity contribution in [2.45, 2.75) is 32.5 Å². The number of hydrogen-bond acceptors (Lipinski definition) is 5. The first-order chi connectivity index (χ1) is 14.3. The summed E-state index contributed by atoms with van der Waals surface area (Å²) in [5.41, 5.74) is 1.97. The van der Waals surface area contributed by atoms with Crippen LogP contribution in [0.15, 0.2) is 41.3 Å². The summed E-state index contributed by atoms with van der Waals surface area (Å²) in [5, 5.41) is 2.97. The Morgan fingerprint density at radius 3 is 2.43 bits per heavy atom. The fraction of sp³-hybridized carbons (Fsp3) is 0.350. The Hall–Kier alpha value is -3.30. The molecule has 1 aliphatic rings. The summed E-state index contributed by atoms with van der Waals surface area (Å²) in [6, 6.07) is 6.44. The van der Waals surface area contributed by atoms with E-state index in [1.54, 1.807) is 6.20 Å². The Morgan fingerprint density at radius 2 is 1.80 bits per heavy atom. The smallest absolute Gasteiger partial charge is 0.406 e. The van der Waals surface area contributed by atoms with Gasteiger partial charge in [0.25, 0.3) is 5.56 Å². The van der Waals surface area contributed by atoms with Gasteiger partial charge in [-0.1, -0.05) is 0 Å². The summed E-state index contributed by atoms with van der Waals surface area (Å²) in [5.74, 6) is 0.321. The quantitative estimate of drug-likeness (QED) is 0.696. The van der Waals surface area contributed by atoms with Crippen molar-refractivity contribution in [2.24, 2.45) is 0 Å². The van der Waals surface area contributed by atoms with Crippen molar-refractivity contribution in [3.05, 3.63) is 52.6 Å². The van der Waals surface area contributed by atoms with E-state index in [-0.39, 0.29) is 11.3 Å². The van der Waals surface area contributed by atoms with Gasteiger partial charge < -0.3 is 9.64 Å². The molecule has 1 saturated heterocycles. The van der Waals surface area contributed by atoms with E-state index in [0.717, 1.165) is 43.8 Å². The zero-order valence-electron chi connectivity index (χ0n) is 16.2. The lowest BCUT2D eigenvalue weighted by molar-refractivity contribution is -0.274. The molecule has 0 spiro atoms. The van der Waals surface area contributed by atoms with E-state index in [0.29, 0.717) is 22.9 Å². The van der Waals surface area contributed by atoms with Gasteiger partial charge in [-0.05, 0) is 50.5 Å². The number of alkyl halides is 3. The number of benzene rings is 1. The topological polar surface area (TPSA) is 76.0 Å². The van der Waals surface area contributed by atoms with Gasteiger partial charge in [0.1, 0.15) is 5.75 Å². The lowest BCUT2D eigenvalue weighted by atomic mass is 10.1. The van der Waals surface area contributed by atoms with Gasteiger partial charge in [0.15, 0.2) is 0 Å². The fourth-order valence-electron chi connectivity index (χ4n) is 3.49. The summed E-state index contributed by atoms with van der Waals surface area (Å²) < 4.78 is 42.0. The Labute approximate surface area is 170 Å². The number of anilines is 1. The van der Waals surface area contributed by atoms with Gasteiger partial charge in [-0.2, -0.15) is 0 Å². The summed E-state index contributed by atoms with van der Waals surface area (Å²) in [4.78, 5) is 23.6. The number of ether oxygens (including phenoxy) is 1. The zero-order valence-corrected chi connectivity index (χ0v) is 16.2. The number of rotatable bonds is 4. The summed E-state index contributed by atoms with van der Waals surface area (Å²) in [6.45, 7) is 3.71. The number of halogens is 3. The monoisotopic (exact) mass is 419 g/mol. The number of H-pyrrole nitrogens is 1. The lowest BCUT2D eigenvalue weighted by Gasteiger charge is -2.26. The molecule has 158 valence electrons. The average molecular weight is 419 g/mol. The maximum atomic E-state index is 12.4. The highest BCUT2D eigenvalue weighted by molar-refractivity contribution is 5.61. The van der Waals surface area contributed by atoms with Gasteiger partial charge in [0.05, 0.1) is 17.1 Å². The molecule has 7 nitrogen and oxygen atoms in total. The van der Waals surface area contributed by atoms with E-state index in [9.17, 15) is 18.0 Å². The van der Waals surface area contributed by atoms with E-state index in [1.165, 1.54) is 29.3 Å². The van der Waals surface area contributed by atoms with Crippen LogP contribution in [0.3, 0.4) is 0 Å². The first-order valence-corrected chi connectivity index (χ1v) is 9.57. The van der Waals surface area contributed by atoms with Crippen molar-refractivity contribution in [1.82, 2.24) is 19.7 Å². The van der Waals surface area contributed by atoms with E-state index < -0.39 is 6.36 Å². The second-order valence-corrected chi connectivity index (χ2v) is 7.10. The number of hydrogen-bond donors (Lipinski definition) is 1. The van der Waals surface area contributed by atoms with Crippen LogP contribution >= 0.6 is 0 Å². The van der Waals surface area contributed by atoms with Crippen LogP contribution in [0.5, 0.6) is 5.75 Å². The van der Waals surface area contributed by atoms with Crippen LogP contribution in [-0.2, 0) is 0 Å². The predicted octanol–water partition coefficient (Wildman–Crippen LogP) is 3.82. The first kappa shape index (κ1) is 20.0. The Bertz CT molecular complexity index is 1080. The molecule has 3 aromatic rings. The highest BCUT2D eigenvalue weighted by atomic mass is 19.4. The molecule has 10 heteroatoms. The van der Waals surface area contributed by atoms with Crippen molar-refractivity contribution >= 4 is 5.95 Å². The standard InChI is InChI=1S/C20H20F3N5O2/c1-13-16(12-24-19(25-13)27-9-3-2-4-10-27)17-11-18(29)28(26-17)14-5-7-15(8-6-14)30-20(21,22)23/h5-8,11-12,26H,2-4,9-10H2,1H3. The molecule has 0 radical (unpaired) electrons. The minimum atomic E-state index is -4.77. The van der Waals surface area contributed by atoms with Crippen molar-refractivity contribution in [1.29, 1.82) is 0 Å². The number of aromatic nitrogens is 4. The van der Waals surface area contributed by atoms with Crippen LogP contribution in [0.4, 0.5) is 19.1 Å². The second-order valence-electron chi connectivity index (χ2n) is 7.10. The van der Waals surface area contributed by atoms with Crippen LogP contribution in [0.2, 0.25) is 0 Å². The summed E-state index contributed by atoms with van der Waals surface area (Å²) in [7, 11) is 0. The zero-order chi connectivity index (χ0) is 21.3. The molecule has 1 fully saturated rings. The fourth-order valence-corrected chi connectivity index (χ4v) is 3.49. The van der Waals surface area contributed by atoms with Crippen LogP contribution in [0, 0.1) is 6.92 Å². The van der Waals surface area contributed by atoms with Crippen molar-refractivity contribution in [2.75, 3.05) is 18.0 Å². The van der Waals surface area contributed by atoms with Gasteiger partial charge in [-0.3, -0.25) is 9.89 Å². The molecule has 1 aliphatic heterocycles. The molecule has 0 saturated carbocycles. The second kappa shape index (κ2) is 7.85. The van der Waals surface area contributed by atoms with Gasteiger partial charge in [-0.15, -0.1) is 13.2 Å². The van der Waals surface area contributed by atoms with Gasteiger partial charge in [0, 0.05) is 30.9 Å². The Kier molecular flexibility index (Phi) is 5.23. The van der Waals surface area contributed by atoms with Crippen LogP contribution in [-0.4, -0.2) is 39.2 Å². The highest BCUT2D eigenvalue weighted by Gasteiger charge is 2.31. The van der Waals surface area contributed by atoms with E-state index in [4.69, 9.17) is 0 Å². The van der Waals surface area contributed by atoms with Crippen molar-refractivity contribution in [3.63, 3.8) is 0 Å². The van der Waals surface area contributed by atoms with E-state index in [1.807, 2.05) is 6.92 Å². The molecule has 0 unspecified atom stereocenters. The molecule has 0 bridgehead atoms. The summed E-state index contributed by atoms with van der Waals surface area (Å²) >= 11 is 0. The third kappa shape index (κ3) is 4.32. The lowest BCUT2D eigenvalue weighted by Crippen LogP contribution is -2.31. The average Bonchev–Trinajstić information content (AvgIpc) is 3.09. The molecule has 0 atom stereocenters.